The SMILES string of the molecule is Cc1cc(F)cc(NC(=O)C(=O)NC(C)CO)c1. The highest BCUT2D eigenvalue weighted by Gasteiger charge is 2.16. The molecule has 0 radical (unpaired) electrons. The molecule has 1 rings (SSSR count). The van der Waals surface area contributed by atoms with Crippen LogP contribution in [0.1, 0.15) is 12.5 Å². The molecule has 0 aliphatic carbocycles. The number of hydrogen-bond acceptors (Lipinski definition) is 3. The Morgan fingerprint density at radius 1 is 1.33 bits per heavy atom. The molecule has 2 amide bonds. The molecule has 0 aliphatic rings. The average molecular weight is 254 g/mol. The number of halogens is 1. The normalized spacial score (nSPS) is 11.8. The molecule has 0 heterocycles. The van der Waals surface area contributed by atoms with Gasteiger partial charge in [-0.05, 0) is 37.6 Å². The zero-order valence-electron chi connectivity index (χ0n) is 10.2. The number of carbonyl (C=O) groups is 2. The third-order valence-corrected chi connectivity index (χ3v) is 2.16. The molecule has 6 heteroatoms. The summed E-state index contributed by atoms with van der Waals surface area (Å²) in [4.78, 5) is 22.8. The second-order valence-electron chi connectivity index (χ2n) is 4.03. The van der Waals surface area contributed by atoms with Crippen molar-refractivity contribution in [1.29, 1.82) is 0 Å². The summed E-state index contributed by atoms with van der Waals surface area (Å²) in [5.74, 6) is -2.27. The van der Waals surface area contributed by atoms with Crippen LogP contribution in [-0.4, -0.2) is 29.6 Å². The maximum Gasteiger partial charge on any atom is 0.313 e. The minimum absolute atomic E-state index is 0.212. The Kier molecular flexibility index (Phi) is 4.79. The largest absolute Gasteiger partial charge is 0.394 e. The first-order chi connectivity index (χ1) is 8.42. The Balaban J connectivity index is 2.66. The second-order valence-corrected chi connectivity index (χ2v) is 4.03. The number of rotatable bonds is 3. The molecular formula is C12H15FN2O3. The van der Waals surface area contributed by atoms with Crippen molar-refractivity contribution in [2.75, 3.05) is 11.9 Å². The molecule has 0 bridgehead atoms. The molecule has 1 atom stereocenters. The lowest BCUT2D eigenvalue weighted by Crippen LogP contribution is -2.42. The number of aliphatic hydroxyl groups is 1. The van der Waals surface area contributed by atoms with Crippen molar-refractivity contribution in [2.24, 2.45) is 0 Å². The molecule has 1 unspecified atom stereocenters. The molecule has 3 N–H and O–H groups in total. The summed E-state index contributed by atoms with van der Waals surface area (Å²) >= 11 is 0. The smallest absolute Gasteiger partial charge is 0.313 e. The summed E-state index contributed by atoms with van der Waals surface area (Å²) in [6.07, 6.45) is 0. The first kappa shape index (κ1) is 14.1. The first-order valence-electron chi connectivity index (χ1n) is 5.42. The maximum absolute atomic E-state index is 13.1. The maximum atomic E-state index is 13.1. The Bertz CT molecular complexity index is 442. The van der Waals surface area contributed by atoms with E-state index in [1.165, 1.54) is 6.07 Å². The third kappa shape index (κ3) is 4.14. The monoisotopic (exact) mass is 254 g/mol. The van der Waals surface area contributed by atoms with Crippen molar-refractivity contribution in [1.82, 2.24) is 5.32 Å². The van der Waals surface area contributed by atoms with Crippen LogP contribution in [0.5, 0.6) is 0 Å². The summed E-state index contributed by atoms with van der Waals surface area (Å²) in [5.41, 5.74) is 0.846. The topological polar surface area (TPSA) is 78.4 Å². The number of hydrogen-bond donors (Lipinski definition) is 3. The van der Waals surface area contributed by atoms with Gasteiger partial charge in [0.1, 0.15) is 5.82 Å². The first-order valence-corrected chi connectivity index (χ1v) is 5.42. The van der Waals surface area contributed by atoms with Crippen LogP contribution < -0.4 is 10.6 Å². The molecular weight excluding hydrogens is 239 g/mol. The molecule has 1 aromatic rings. The van der Waals surface area contributed by atoms with Crippen LogP contribution in [0.15, 0.2) is 18.2 Å². The van der Waals surface area contributed by atoms with Gasteiger partial charge < -0.3 is 15.7 Å². The van der Waals surface area contributed by atoms with Crippen LogP contribution in [0.3, 0.4) is 0 Å². The van der Waals surface area contributed by atoms with Gasteiger partial charge in [0.05, 0.1) is 6.61 Å². The number of nitrogens with one attached hydrogen (secondary N) is 2. The molecule has 98 valence electrons. The van der Waals surface area contributed by atoms with E-state index in [0.29, 0.717) is 5.56 Å². The van der Waals surface area contributed by atoms with Gasteiger partial charge in [-0.2, -0.15) is 0 Å². The van der Waals surface area contributed by atoms with Gasteiger partial charge in [-0.25, -0.2) is 4.39 Å². The van der Waals surface area contributed by atoms with Crippen LogP contribution in [0.25, 0.3) is 0 Å². The van der Waals surface area contributed by atoms with Gasteiger partial charge in [0.2, 0.25) is 0 Å². The van der Waals surface area contributed by atoms with Crippen molar-refractivity contribution >= 4 is 17.5 Å². The number of aryl methyl sites for hydroxylation is 1. The molecule has 0 spiro atoms. The number of amides is 2. The lowest BCUT2D eigenvalue weighted by Gasteiger charge is -2.11. The zero-order chi connectivity index (χ0) is 13.7. The highest BCUT2D eigenvalue weighted by Crippen LogP contribution is 2.12. The van der Waals surface area contributed by atoms with Crippen LogP contribution in [0, 0.1) is 12.7 Å². The minimum Gasteiger partial charge on any atom is -0.394 e. The third-order valence-electron chi connectivity index (χ3n) is 2.16. The van der Waals surface area contributed by atoms with Crippen LogP contribution >= 0.6 is 0 Å². The van der Waals surface area contributed by atoms with Crippen LogP contribution in [0.2, 0.25) is 0 Å². The van der Waals surface area contributed by atoms with Crippen LogP contribution in [-0.2, 0) is 9.59 Å². The summed E-state index contributed by atoms with van der Waals surface area (Å²) in [6, 6.07) is 3.46. The fourth-order valence-corrected chi connectivity index (χ4v) is 1.33. The van der Waals surface area contributed by atoms with Crippen molar-refractivity contribution < 1.29 is 19.1 Å². The van der Waals surface area contributed by atoms with Gasteiger partial charge in [0.25, 0.3) is 0 Å². The molecule has 0 saturated heterocycles. The molecule has 5 nitrogen and oxygen atoms in total. The molecule has 0 aromatic heterocycles. The van der Waals surface area contributed by atoms with E-state index in [2.05, 4.69) is 10.6 Å². The van der Waals surface area contributed by atoms with E-state index in [0.717, 1.165) is 6.07 Å². The molecule has 0 saturated carbocycles. The standard InChI is InChI=1S/C12H15FN2O3/c1-7-3-9(13)5-10(4-7)15-12(18)11(17)14-8(2)6-16/h3-5,8,16H,6H2,1-2H3,(H,14,17)(H,15,18). The van der Waals surface area contributed by atoms with Gasteiger partial charge >= 0.3 is 11.8 Å². The van der Waals surface area contributed by atoms with Crippen molar-refractivity contribution in [3.63, 3.8) is 0 Å². The second kappa shape index (κ2) is 6.11. The van der Waals surface area contributed by atoms with Crippen LogP contribution in [0.4, 0.5) is 10.1 Å². The average Bonchev–Trinajstić information content (AvgIpc) is 2.27. The van der Waals surface area contributed by atoms with E-state index in [9.17, 15) is 14.0 Å². The number of carbonyl (C=O) groups excluding carboxylic acids is 2. The van der Waals surface area contributed by atoms with Crippen molar-refractivity contribution in [2.45, 2.75) is 19.9 Å². The number of anilines is 1. The molecule has 0 aliphatic heterocycles. The Labute approximate surface area is 104 Å². The predicted octanol–water partition coefficient (Wildman–Crippen LogP) is 0.570. The zero-order valence-corrected chi connectivity index (χ0v) is 10.2. The minimum atomic E-state index is -0.902. The lowest BCUT2D eigenvalue weighted by molar-refractivity contribution is -0.136. The van der Waals surface area contributed by atoms with Gasteiger partial charge in [0.15, 0.2) is 0 Å². The fourth-order valence-electron chi connectivity index (χ4n) is 1.33. The Morgan fingerprint density at radius 3 is 2.56 bits per heavy atom. The van der Waals surface area contributed by atoms with E-state index in [4.69, 9.17) is 5.11 Å². The van der Waals surface area contributed by atoms with E-state index in [1.807, 2.05) is 0 Å². The van der Waals surface area contributed by atoms with E-state index >= 15 is 0 Å². The van der Waals surface area contributed by atoms with Crippen molar-refractivity contribution in [3.8, 4) is 0 Å². The molecule has 0 fully saturated rings. The Morgan fingerprint density at radius 2 is 2.00 bits per heavy atom. The number of benzene rings is 1. The highest BCUT2D eigenvalue weighted by molar-refractivity contribution is 6.39. The van der Waals surface area contributed by atoms with Gasteiger partial charge in [0, 0.05) is 11.7 Å². The lowest BCUT2D eigenvalue weighted by atomic mass is 10.2. The van der Waals surface area contributed by atoms with Gasteiger partial charge in [-0.1, -0.05) is 0 Å². The fraction of sp³-hybridized carbons (Fsp3) is 0.333. The van der Waals surface area contributed by atoms with Crippen molar-refractivity contribution in [3.05, 3.63) is 29.6 Å². The summed E-state index contributed by atoms with van der Waals surface area (Å²) in [5, 5.41) is 13.3. The molecule has 18 heavy (non-hydrogen) atoms. The summed E-state index contributed by atoms with van der Waals surface area (Å²) < 4.78 is 13.1. The quantitative estimate of drug-likeness (QED) is 0.690. The van der Waals surface area contributed by atoms with E-state index < -0.39 is 23.7 Å². The molecule has 1 aromatic carbocycles. The Hall–Kier alpha value is -1.95. The summed E-state index contributed by atoms with van der Waals surface area (Å²) in [7, 11) is 0. The number of aliphatic hydroxyl groups excluding tert-OH is 1. The predicted molar refractivity (Wildman–Crippen MR) is 64.5 cm³/mol. The van der Waals surface area contributed by atoms with E-state index in [-0.39, 0.29) is 12.3 Å². The van der Waals surface area contributed by atoms with Gasteiger partial charge in [-0.3, -0.25) is 9.59 Å². The van der Waals surface area contributed by atoms with E-state index in [1.54, 1.807) is 19.9 Å². The summed E-state index contributed by atoms with van der Waals surface area (Å²) in [6.45, 7) is 2.96. The van der Waals surface area contributed by atoms with Gasteiger partial charge in [-0.15, -0.1) is 0 Å². The highest BCUT2D eigenvalue weighted by atomic mass is 19.1.